The predicted octanol–water partition coefficient (Wildman–Crippen LogP) is 3.27. The molecule has 0 aliphatic carbocycles. The molecule has 0 aliphatic rings. The molecule has 0 unspecified atom stereocenters. The quantitative estimate of drug-likeness (QED) is 0.694. The number of carbonyl (C=O) groups excluding carboxylic acids is 1. The van der Waals surface area contributed by atoms with Gasteiger partial charge in [-0.1, -0.05) is 31.5 Å². The van der Waals surface area contributed by atoms with Gasteiger partial charge in [-0.3, -0.25) is 4.79 Å². The lowest BCUT2D eigenvalue weighted by Crippen LogP contribution is -2.24. The van der Waals surface area contributed by atoms with Crippen LogP contribution in [-0.2, 0) is 6.42 Å². The number of aromatic nitrogens is 1. The normalized spacial score (nSPS) is 10.2. The molecule has 2 rings (SSSR count). The minimum atomic E-state index is -0.0568. The zero-order valence-electron chi connectivity index (χ0n) is 14.3. The number of carbonyl (C=O) groups is 1. The van der Waals surface area contributed by atoms with Crippen LogP contribution in [0.25, 0.3) is 0 Å². The lowest BCUT2D eigenvalue weighted by atomic mass is 10.1. The third kappa shape index (κ3) is 5.26. The summed E-state index contributed by atoms with van der Waals surface area (Å²) in [6, 6.07) is 11.5. The van der Waals surface area contributed by atoms with Gasteiger partial charge in [0.1, 0.15) is 11.6 Å². The number of amides is 1. The van der Waals surface area contributed by atoms with E-state index in [0.29, 0.717) is 24.5 Å². The Morgan fingerprint density at radius 3 is 2.83 bits per heavy atom. The topological polar surface area (TPSA) is 63.2 Å². The standard InChI is InChI=1S/C19H25N3O2/c1-3-4-11-22-19(23)16-10-13-21-18(14-16)20-12-9-15-7-5-6-8-17(15)24-2/h5-8,10,13-14H,3-4,9,11-12H2,1-2H3,(H,20,21)(H,22,23). The average Bonchev–Trinajstić information content (AvgIpc) is 2.62. The summed E-state index contributed by atoms with van der Waals surface area (Å²) in [6.07, 6.45) is 4.52. The summed E-state index contributed by atoms with van der Waals surface area (Å²) in [5, 5.41) is 6.17. The number of nitrogens with one attached hydrogen (secondary N) is 2. The van der Waals surface area contributed by atoms with Crippen LogP contribution in [0, 0.1) is 0 Å². The van der Waals surface area contributed by atoms with Gasteiger partial charge in [-0.05, 0) is 36.6 Å². The SMILES string of the molecule is CCCCNC(=O)c1ccnc(NCCc2ccccc2OC)c1. The Morgan fingerprint density at radius 1 is 1.21 bits per heavy atom. The summed E-state index contributed by atoms with van der Waals surface area (Å²) in [7, 11) is 1.68. The monoisotopic (exact) mass is 327 g/mol. The minimum Gasteiger partial charge on any atom is -0.496 e. The third-order valence-electron chi connectivity index (χ3n) is 3.73. The van der Waals surface area contributed by atoms with Gasteiger partial charge in [0.15, 0.2) is 0 Å². The number of rotatable bonds is 9. The summed E-state index contributed by atoms with van der Waals surface area (Å²) in [4.78, 5) is 16.3. The van der Waals surface area contributed by atoms with Crippen molar-refractivity contribution in [2.75, 3.05) is 25.5 Å². The van der Waals surface area contributed by atoms with Crippen molar-refractivity contribution in [1.82, 2.24) is 10.3 Å². The van der Waals surface area contributed by atoms with E-state index < -0.39 is 0 Å². The van der Waals surface area contributed by atoms with E-state index in [9.17, 15) is 4.79 Å². The molecule has 5 nitrogen and oxygen atoms in total. The van der Waals surface area contributed by atoms with Crippen molar-refractivity contribution in [3.8, 4) is 5.75 Å². The molecule has 128 valence electrons. The van der Waals surface area contributed by atoms with Gasteiger partial charge in [0.2, 0.25) is 0 Å². The molecule has 2 N–H and O–H groups in total. The molecule has 5 heteroatoms. The molecule has 24 heavy (non-hydrogen) atoms. The van der Waals surface area contributed by atoms with E-state index in [2.05, 4.69) is 22.5 Å². The first kappa shape index (κ1) is 17.8. The molecule has 1 aromatic carbocycles. The first-order chi connectivity index (χ1) is 11.7. The molecule has 0 atom stereocenters. The summed E-state index contributed by atoms with van der Waals surface area (Å²) >= 11 is 0. The second kappa shape index (κ2) is 9.55. The number of benzene rings is 1. The van der Waals surface area contributed by atoms with E-state index in [4.69, 9.17) is 4.74 Å². The van der Waals surface area contributed by atoms with Gasteiger partial charge in [-0.15, -0.1) is 0 Å². The Morgan fingerprint density at radius 2 is 2.04 bits per heavy atom. The Balaban J connectivity index is 1.89. The van der Waals surface area contributed by atoms with Crippen LogP contribution in [0.4, 0.5) is 5.82 Å². The molecule has 1 amide bonds. The van der Waals surface area contributed by atoms with Gasteiger partial charge in [0.25, 0.3) is 5.91 Å². The molecule has 0 radical (unpaired) electrons. The van der Waals surface area contributed by atoms with Gasteiger partial charge in [0, 0.05) is 24.8 Å². The molecular formula is C19H25N3O2. The van der Waals surface area contributed by atoms with Crippen molar-refractivity contribution in [1.29, 1.82) is 0 Å². The largest absolute Gasteiger partial charge is 0.496 e. The Kier molecular flexibility index (Phi) is 7.08. The highest BCUT2D eigenvalue weighted by Gasteiger charge is 2.06. The van der Waals surface area contributed by atoms with Crippen LogP contribution in [0.15, 0.2) is 42.6 Å². The Labute approximate surface area is 143 Å². The number of para-hydroxylation sites is 1. The van der Waals surface area contributed by atoms with E-state index in [-0.39, 0.29) is 5.91 Å². The number of nitrogens with zero attached hydrogens (tertiary/aromatic N) is 1. The van der Waals surface area contributed by atoms with Gasteiger partial charge in [-0.2, -0.15) is 0 Å². The number of ether oxygens (including phenoxy) is 1. The lowest BCUT2D eigenvalue weighted by Gasteiger charge is -2.10. The van der Waals surface area contributed by atoms with Crippen LogP contribution < -0.4 is 15.4 Å². The fourth-order valence-electron chi connectivity index (χ4n) is 2.38. The van der Waals surface area contributed by atoms with E-state index in [1.165, 1.54) is 0 Å². The molecule has 2 aromatic rings. The summed E-state index contributed by atoms with van der Waals surface area (Å²) in [6.45, 7) is 3.52. The van der Waals surface area contributed by atoms with E-state index in [1.807, 2.05) is 24.3 Å². The number of unbranched alkanes of at least 4 members (excludes halogenated alkanes) is 1. The molecule has 0 fully saturated rings. The van der Waals surface area contributed by atoms with Crippen LogP contribution >= 0.6 is 0 Å². The van der Waals surface area contributed by atoms with Crippen LogP contribution in [0.3, 0.4) is 0 Å². The number of methoxy groups -OCH3 is 1. The zero-order valence-corrected chi connectivity index (χ0v) is 14.3. The molecular weight excluding hydrogens is 302 g/mol. The highest BCUT2D eigenvalue weighted by atomic mass is 16.5. The first-order valence-electron chi connectivity index (χ1n) is 8.34. The van der Waals surface area contributed by atoms with Crippen LogP contribution in [0.2, 0.25) is 0 Å². The summed E-state index contributed by atoms with van der Waals surface area (Å²) in [5.41, 5.74) is 1.77. The van der Waals surface area contributed by atoms with Gasteiger partial charge in [-0.25, -0.2) is 4.98 Å². The van der Waals surface area contributed by atoms with E-state index >= 15 is 0 Å². The number of pyridine rings is 1. The molecule has 0 saturated heterocycles. The number of hydrogen-bond donors (Lipinski definition) is 2. The van der Waals surface area contributed by atoms with Crippen molar-refractivity contribution < 1.29 is 9.53 Å². The maximum atomic E-state index is 12.1. The fourth-order valence-corrected chi connectivity index (χ4v) is 2.38. The second-order valence-corrected chi connectivity index (χ2v) is 5.53. The summed E-state index contributed by atoms with van der Waals surface area (Å²) < 4.78 is 5.35. The zero-order chi connectivity index (χ0) is 17.2. The second-order valence-electron chi connectivity index (χ2n) is 5.53. The maximum absolute atomic E-state index is 12.1. The van der Waals surface area contributed by atoms with Gasteiger partial charge in [0.05, 0.1) is 7.11 Å². The molecule has 1 heterocycles. The van der Waals surface area contributed by atoms with Gasteiger partial charge >= 0.3 is 0 Å². The predicted molar refractivity (Wildman–Crippen MR) is 96.7 cm³/mol. The van der Waals surface area contributed by atoms with Crippen molar-refractivity contribution in [3.05, 3.63) is 53.7 Å². The molecule has 1 aromatic heterocycles. The molecule has 0 saturated carbocycles. The van der Waals surface area contributed by atoms with E-state index in [0.717, 1.165) is 30.6 Å². The summed E-state index contributed by atoms with van der Waals surface area (Å²) in [5.74, 6) is 1.53. The van der Waals surface area contributed by atoms with Crippen molar-refractivity contribution >= 4 is 11.7 Å². The smallest absolute Gasteiger partial charge is 0.251 e. The number of anilines is 1. The minimum absolute atomic E-state index is 0.0568. The maximum Gasteiger partial charge on any atom is 0.251 e. The Bertz CT molecular complexity index is 659. The van der Waals surface area contributed by atoms with Crippen molar-refractivity contribution in [3.63, 3.8) is 0 Å². The fraction of sp³-hybridized carbons (Fsp3) is 0.368. The first-order valence-corrected chi connectivity index (χ1v) is 8.34. The lowest BCUT2D eigenvalue weighted by molar-refractivity contribution is 0.0953. The molecule has 0 aliphatic heterocycles. The third-order valence-corrected chi connectivity index (χ3v) is 3.73. The van der Waals surface area contributed by atoms with Crippen molar-refractivity contribution in [2.24, 2.45) is 0 Å². The highest BCUT2D eigenvalue weighted by molar-refractivity contribution is 5.94. The van der Waals surface area contributed by atoms with Crippen LogP contribution in [-0.4, -0.2) is 31.1 Å². The van der Waals surface area contributed by atoms with Crippen LogP contribution in [0.1, 0.15) is 35.7 Å². The molecule has 0 bridgehead atoms. The van der Waals surface area contributed by atoms with E-state index in [1.54, 1.807) is 25.4 Å². The number of hydrogen-bond acceptors (Lipinski definition) is 4. The van der Waals surface area contributed by atoms with Crippen molar-refractivity contribution in [2.45, 2.75) is 26.2 Å². The van der Waals surface area contributed by atoms with Gasteiger partial charge < -0.3 is 15.4 Å². The highest BCUT2D eigenvalue weighted by Crippen LogP contribution is 2.17. The Hall–Kier alpha value is -2.56. The average molecular weight is 327 g/mol. The molecule has 0 spiro atoms. The van der Waals surface area contributed by atoms with Crippen LogP contribution in [0.5, 0.6) is 5.75 Å².